The molecule has 0 spiro atoms. The van der Waals surface area contributed by atoms with Crippen LogP contribution in [-0.2, 0) is 11.3 Å². The predicted octanol–water partition coefficient (Wildman–Crippen LogP) is 1.96. The summed E-state index contributed by atoms with van der Waals surface area (Å²) >= 11 is 0. The van der Waals surface area contributed by atoms with Crippen molar-refractivity contribution >= 4 is 18.3 Å². The van der Waals surface area contributed by atoms with Crippen LogP contribution in [0.25, 0.3) is 0 Å². The van der Waals surface area contributed by atoms with Gasteiger partial charge in [-0.25, -0.2) is 4.39 Å². The first kappa shape index (κ1) is 14.9. The molecule has 18 heavy (non-hydrogen) atoms. The lowest BCUT2D eigenvalue weighted by Gasteiger charge is -2.21. The van der Waals surface area contributed by atoms with Crippen molar-refractivity contribution in [2.75, 3.05) is 13.6 Å². The third-order valence-electron chi connectivity index (χ3n) is 3.04. The average molecular weight is 273 g/mol. The van der Waals surface area contributed by atoms with Crippen LogP contribution in [0.4, 0.5) is 4.39 Å². The summed E-state index contributed by atoms with van der Waals surface area (Å²) in [4.78, 5) is 13.7. The molecule has 1 aromatic carbocycles. The monoisotopic (exact) mass is 272 g/mol. The zero-order valence-electron chi connectivity index (χ0n) is 10.4. The maximum Gasteiger partial charge on any atom is 0.239 e. The Balaban J connectivity index is 0.00000162. The minimum Gasteiger partial charge on any atom is -0.340 e. The first-order chi connectivity index (χ1) is 8.16. The van der Waals surface area contributed by atoms with E-state index in [1.165, 1.54) is 12.1 Å². The Morgan fingerprint density at radius 1 is 1.56 bits per heavy atom. The molecule has 0 aromatic heterocycles. The van der Waals surface area contributed by atoms with E-state index in [-0.39, 0.29) is 30.2 Å². The summed E-state index contributed by atoms with van der Waals surface area (Å²) in [6.45, 7) is 1.36. The molecule has 0 unspecified atom stereocenters. The number of rotatable bonds is 3. The molecule has 0 aliphatic carbocycles. The van der Waals surface area contributed by atoms with Crippen LogP contribution >= 0.6 is 12.4 Å². The number of likely N-dealkylation sites (N-methyl/N-ethyl adjacent to an activating group) is 1. The van der Waals surface area contributed by atoms with Crippen molar-refractivity contribution in [2.24, 2.45) is 0 Å². The van der Waals surface area contributed by atoms with Gasteiger partial charge >= 0.3 is 0 Å². The van der Waals surface area contributed by atoms with Crippen molar-refractivity contribution in [1.82, 2.24) is 10.2 Å². The lowest BCUT2D eigenvalue weighted by molar-refractivity contribution is -0.132. The summed E-state index contributed by atoms with van der Waals surface area (Å²) in [6.07, 6.45) is 1.94. The van der Waals surface area contributed by atoms with E-state index in [1.54, 1.807) is 18.0 Å². The number of nitrogens with zero attached hydrogens (tertiary/aromatic N) is 1. The summed E-state index contributed by atoms with van der Waals surface area (Å²) in [5.41, 5.74) is 0.818. The summed E-state index contributed by atoms with van der Waals surface area (Å²) < 4.78 is 13.0. The van der Waals surface area contributed by atoms with Gasteiger partial charge in [-0.05, 0) is 37.1 Å². The molecule has 2 rings (SSSR count). The van der Waals surface area contributed by atoms with E-state index in [1.807, 2.05) is 6.07 Å². The molecule has 100 valence electrons. The number of carbonyl (C=O) groups excluding carboxylic acids is 1. The van der Waals surface area contributed by atoms with E-state index >= 15 is 0 Å². The normalized spacial score (nSPS) is 18.2. The fraction of sp³-hybridized carbons (Fsp3) is 0.462. The molecule has 1 N–H and O–H groups in total. The Labute approximate surface area is 113 Å². The SMILES string of the molecule is CN(Cc1cccc(F)c1)C(=O)[C@@H]1CCCN1.Cl. The molecule has 1 aliphatic heterocycles. The largest absolute Gasteiger partial charge is 0.340 e. The van der Waals surface area contributed by atoms with Crippen LogP contribution in [-0.4, -0.2) is 30.4 Å². The summed E-state index contributed by atoms with van der Waals surface area (Å²) in [5, 5.41) is 3.17. The first-order valence-corrected chi connectivity index (χ1v) is 5.89. The zero-order chi connectivity index (χ0) is 12.3. The standard InChI is InChI=1S/C13H17FN2O.ClH/c1-16(13(17)12-6-3-7-15-12)9-10-4-2-5-11(14)8-10;/h2,4-5,8,12,15H,3,6-7,9H2,1H3;1H/t12-;/m0./s1. The molecule has 0 bridgehead atoms. The highest BCUT2D eigenvalue weighted by atomic mass is 35.5. The highest BCUT2D eigenvalue weighted by Gasteiger charge is 2.24. The molecule has 5 heteroatoms. The Morgan fingerprint density at radius 3 is 2.94 bits per heavy atom. The Morgan fingerprint density at radius 2 is 2.33 bits per heavy atom. The maximum atomic E-state index is 13.0. The number of amides is 1. The second kappa shape index (κ2) is 6.71. The molecule has 1 saturated heterocycles. The molecule has 1 aromatic rings. The van der Waals surface area contributed by atoms with E-state index in [4.69, 9.17) is 0 Å². The quantitative estimate of drug-likeness (QED) is 0.912. The number of benzene rings is 1. The topological polar surface area (TPSA) is 32.3 Å². The average Bonchev–Trinajstić information content (AvgIpc) is 2.81. The molecule has 3 nitrogen and oxygen atoms in total. The first-order valence-electron chi connectivity index (χ1n) is 5.89. The smallest absolute Gasteiger partial charge is 0.239 e. The van der Waals surface area contributed by atoms with Crippen molar-refractivity contribution in [2.45, 2.75) is 25.4 Å². The molecule has 0 saturated carbocycles. The van der Waals surface area contributed by atoms with Gasteiger partial charge in [0.15, 0.2) is 0 Å². The summed E-state index contributed by atoms with van der Waals surface area (Å²) in [6, 6.07) is 6.30. The third-order valence-corrected chi connectivity index (χ3v) is 3.04. The molecule has 1 amide bonds. The van der Waals surface area contributed by atoms with Gasteiger partial charge in [0, 0.05) is 13.6 Å². The van der Waals surface area contributed by atoms with Crippen LogP contribution in [0.3, 0.4) is 0 Å². The second-order valence-electron chi connectivity index (χ2n) is 4.47. The summed E-state index contributed by atoms with van der Waals surface area (Å²) in [7, 11) is 1.76. The fourth-order valence-corrected chi connectivity index (χ4v) is 2.15. The van der Waals surface area contributed by atoms with Crippen LogP contribution in [0.15, 0.2) is 24.3 Å². The number of nitrogens with one attached hydrogen (secondary N) is 1. The fourth-order valence-electron chi connectivity index (χ4n) is 2.15. The molecular formula is C13H18ClFN2O. The highest BCUT2D eigenvalue weighted by molar-refractivity contribution is 5.85. The zero-order valence-corrected chi connectivity index (χ0v) is 11.2. The van der Waals surface area contributed by atoms with Gasteiger partial charge in [-0.3, -0.25) is 4.79 Å². The summed E-state index contributed by atoms with van der Waals surface area (Å²) in [5.74, 6) is -0.172. The van der Waals surface area contributed by atoms with Crippen molar-refractivity contribution in [3.05, 3.63) is 35.6 Å². The van der Waals surface area contributed by atoms with Crippen molar-refractivity contribution < 1.29 is 9.18 Å². The molecular weight excluding hydrogens is 255 g/mol. The lowest BCUT2D eigenvalue weighted by atomic mass is 10.1. The van der Waals surface area contributed by atoms with Crippen LogP contribution in [0, 0.1) is 5.82 Å². The van der Waals surface area contributed by atoms with Crippen LogP contribution < -0.4 is 5.32 Å². The predicted molar refractivity (Wildman–Crippen MR) is 71.1 cm³/mol. The van der Waals surface area contributed by atoms with Crippen LogP contribution in [0.5, 0.6) is 0 Å². The van der Waals surface area contributed by atoms with E-state index in [0.29, 0.717) is 6.54 Å². The lowest BCUT2D eigenvalue weighted by Crippen LogP contribution is -2.41. The number of hydrogen-bond acceptors (Lipinski definition) is 2. The van der Waals surface area contributed by atoms with Gasteiger partial charge < -0.3 is 10.2 Å². The van der Waals surface area contributed by atoms with E-state index in [9.17, 15) is 9.18 Å². The number of hydrogen-bond donors (Lipinski definition) is 1. The van der Waals surface area contributed by atoms with Gasteiger partial charge in [-0.2, -0.15) is 0 Å². The van der Waals surface area contributed by atoms with Gasteiger partial charge in [-0.15, -0.1) is 12.4 Å². The Bertz CT molecular complexity index is 408. The highest BCUT2D eigenvalue weighted by Crippen LogP contribution is 2.11. The van der Waals surface area contributed by atoms with Gasteiger partial charge in [0.05, 0.1) is 6.04 Å². The van der Waals surface area contributed by atoms with Crippen LogP contribution in [0.2, 0.25) is 0 Å². The molecule has 0 radical (unpaired) electrons. The van der Waals surface area contributed by atoms with Crippen molar-refractivity contribution in [3.8, 4) is 0 Å². The van der Waals surface area contributed by atoms with Gasteiger partial charge in [0.1, 0.15) is 5.82 Å². The van der Waals surface area contributed by atoms with Crippen molar-refractivity contribution in [1.29, 1.82) is 0 Å². The van der Waals surface area contributed by atoms with E-state index < -0.39 is 0 Å². The van der Waals surface area contributed by atoms with Crippen molar-refractivity contribution in [3.63, 3.8) is 0 Å². The van der Waals surface area contributed by atoms with E-state index in [0.717, 1.165) is 24.9 Å². The second-order valence-corrected chi connectivity index (χ2v) is 4.47. The molecule has 1 fully saturated rings. The number of carbonyl (C=O) groups is 1. The Hall–Kier alpha value is -1.13. The number of halogens is 2. The van der Waals surface area contributed by atoms with E-state index in [2.05, 4.69) is 5.32 Å². The molecule has 1 heterocycles. The van der Waals surface area contributed by atoms with Gasteiger partial charge in [0.25, 0.3) is 0 Å². The third kappa shape index (κ3) is 3.68. The van der Waals surface area contributed by atoms with Gasteiger partial charge in [-0.1, -0.05) is 12.1 Å². The van der Waals surface area contributed by atoms with Gasteiger partial charge in [0.2, 0.25) is 5.91 Å². The maximum absolute atomic E-state index is 13.0. The molecule has 1 atom stereocenters. The Kier molecular flexibility index (Phi) is 5.56. The minimum atomic E-state index is -0.262. The van der Waals surface area contributed by atoms with Crippen LogP contribution in [0.1, 0.15) is 18.4 Å². The molecule has 1 aliphatic rings. The minimum absolute atomic E-state index is 0.